The van der Waals surface area contributed by atoms with Crippen molar-refractivity contribution >= 4 is 28.3 Å². The van der Waals surface area contributed by atoms with Crippen molar-refractivity contribution in [2.45, 2.75) is 17.9 Å². The third kappa shape index (κ3) is 4.75. The first-order chi connectivity index (χ1) is 8.77. The van der Waals surface area contributed by atoms with Crippen LogP contribution >= 0.6 is 12.4 Å². The van der Waals surface area contributed by atoms with E-state index in [1.165, 1.54) is 29.2 Å². The summed E-state index contributed by atoms with van der Waals surface area (Å²) in [5, 5.41) is 0. The second kappa shape index (κ2) is 7.58. The maximum absolute atomic E-state index is 12.0. The van der Waals surface area contributed by atoms with Gasteiger partial charge in [0.2, 0.25) is 10.0 Å². The molecule has 1 aromatic rings. The number of hydrogen-bond donors (Lipinski definition) is 2. The third-order valence-corrected chi connectivity index (χ3v) is 4.13. The zero-order chi connectivity index (χ0) is 14.6. The van der Waals surface area contributed by atoms with Gasteiger partial charge in [-0.1, -0.05) is 0 Å². The van der Waals surface area contributed by atoms with Crippen molar-refractivity contribution in [2.75, 3.05) is 20.6 Å². The molecule has 0 saturated heterocycles. The van der Waals surface area contributed by atoms with E-state index in [2.05, 4.69) is 4.72 Å². The molecule has 0 aliphatic carbocycles. The summed E-state index contributed by atoms with van der Waals surface area (Å²) in [6, 6.07) is 5.45. The fourth-order valence-electron chi connectivity index (χ4n) is 1.42. The zero-order valence-electron chi connectivity index (χ0n) is 11.7. The topological polar surface area (TPSA) is 92.5 Å². The molecule has 0 saturated carbocycles. The lowest BCUT2D eigenvalue weighted by atomic mass is 10.2. The second-order valence-corrected chi connectivity index (χ2v) is 6.20. The van der Waals surface area contributed by atoms with Gasteiger partial charge < -0.3 is 10.6 Å². The number of halogens is 1. The first-order valence-corrected chi connectivity index (χ1v) is 7.30. The Morgan fingerprint density at radius 3 is 2.20 bits per heavy atom. The van der Waals surface area contributed by atoms with Crippen LogP contribution in [0.1, 0.15) is 17.3 Å². The normalized spacial score (nSPS) is 12.4. The number of amides is 1. The van der Waals surface area contributed by atoms with Gasteiger partial charge in [0.15, 0.2) is 0 Å². The van der Waals surface area contributed by atoms with Gasteiger partial charge in [-0.05, 0) is 31.2 Å². The van der Waals surface area contributed by atoms with Crippen LogP contribution in [-0.2, 0) is 10.0 Å². The molecule has 0 bridgehead atoms. The van der Waals surface area contributed by atoms with Crippen molar-refractivity contribution < 1.29 is 13.2 Å². The molecule has 0 aliphatic heterocycles. The standard InChI is InChI=1S/C12H19N3O3S.ClH/c1-9(8-13)14-19(17,18)11-6-4-10(5-7-11)12(16)15(2)3;/h4-7,9,14H,8,13H2,1-3H3;1H/t9-;/m0./s1. The molecule has 6 nitrogen and oxygen atoms in total. The Morgan fingerprint density at radius 1 is 1.30 bits per heavy atom. The molecule has 0 radical (unpaired) electrons. The molecular weight excluding hydrogens is 302 g/mol. The lowest BCUT2D eigenvalue weighted by molar-refractivity contribution is 0.0827. The number of carbonyl (C=O) groups excluding carboxylic acids is 1. The van der Waals surface area contributed by atoms with Crippen LogP contribution in [-0.4, -0.2) is 45.9 Å². The van der Waals surface area contributed by atoms with Crippen molar-refractivity contribution in [3.8, 4) is 0 Å². The van der Waals surface area contributed by atoms with Crippen molar-refractivity contribution in [1.29, 1.82) is 0 Å². The van der Waals surface area contributed by atoms with Crippen molar-refractivity contribution in [3.05, 3.63) is 29.8 Å². The first-order valence-electron chi connectivity index (χ1n) is 5.82. The Balaban J connectivity index is 0.00000361. The SMILES string of the molecule is C[C@@H](CN)NS(=O)(=O)c1ccc(C(=O)N(C)C)cc1.Cl. The molecule has 20 heavy (non-hydrogen) atoms. The minimum absolute atomic E-state index is 0. The Labute approximate surface area is 125 Å². The smallest absolute Gasteiger partial charge is 0.253 e. The van der Waals surface area contributed by atoms with E-state index in [9.17, 15) is 13.2 Å². The van der Waals surface area contributed by atoms with Gasteiger partial charge >= 0.3 is 0 Å². The Kier molecular flexibility index (Phi) is 7.15. The van der Waals surface area contributed by atoms with Gasteiger partial charge in [-0.3, -0.25) is 4.79 Å². The monoisotopic (exact) mass is 321 g/mol. The molecule has 1 aromatic carbocycles. The average Bonchev–Trinajstić information content (AvgIpc) is 2.37. The molecule has 8 heteroatoms. The minimum atomic E-state index is -3.59. The van der Waals surface area contributed by atoms with Gasteiger partial charge in [0.25, 0.3) is 5.91 Å². The van der Waals surface area contributed by atoms with Crippen molar-refractivity contribution in [2.24, 2.45) is 5.73 Å². The minimum Gasteiger partial charge on any atom is -0.345 e. The molecule has 0 aromatic heterocycles. The first kappa shape index (κ1) is 18.9. The number of hydrogen-bond acceptors (Lipinski definition) is 4. The molecule has 1 amide bonds. The van der Waals surface area contributed by atoms with Gasteiger partial charge in [0.05, 0.1) is 4.90 Å². The van der Waals surface area contributed by atoms with E-state index in [1.54, 1.807) is 21.0 Å². The fraction of sp³-hybridized carbons (Fsp3) is 0.417. The molecule has 0 unspecified atom stereocenters. The summed E-state index contributed by atoms with van der Waals surface area (Å²) in [4.78, 5) is 13.2. The number of sulfonamides is 1. The predicted octanol–water partition coefficient (Wildman–Crippen LogP) is 0.436. The summed E-state index contributed by atoms with van der Waals surface area (Å²) in [5.74, 6) is -0.174. The van der Waals surface area contributed by atoms with E-state index in [-0.39, 0.29) is 35.8 Å². The van der Waals surface area contributed by atoms with Crippen LogP contribution in [0.5, 0.6) is 0 Å². The molecule has 0 fully saturated rings. The number of rotatable bonds is 5. The van der Waals surface area contributed by atoms with Gasteiger partial charge in [-0.2, -0.15) is 0 Å². The molecule has 0 aliphatic rings. The molecule has 1 atom stereocenters. The fourth-order valence-corrected chi connectivity index (χ4v) is 2.67. The zero-order valence-corrected chi connectivity index (χ0v) is 13.3. The maximum atomic E-state index is 12.0. The Hall–Kier alpha value is -1.15. The van der Waals surface area contributed by atoms with Crippen LogP contribution < -0.4 is 10.5 Å². The van der Waals surface area contributed by atoms with Gasteiger partial charge in [-0.15, -0.1) is 12.4 Å². The van der Waals surface area contributed by atoms with Crippen LogP contribution in [0.4, 0.5) is 0 Å². The van der Waals surface area contributed by atoms with E-state index in [1.807, 2.05) is 0 Å². The van der Waals surface area contributed by atoms with E-state index in [4.69, 9.17) is 5.73 Å². The summed E-state index contributed by atoms with van der Waals surface area (Å²) >= 11 is 0. The number of nitrogens with one attached hydrogen (secondary N) is 1. The van der Waals surface area contributed by atoms with Crippen molar-refractivity contribution in [3.63, 3.8) is 0 Å². The van der Waals surface area contributed by atoms with Crippen LogP contribution in [0, 0.1) is 0 Å². The highest BCUT2D eigenvalue weighted by Gasteiger charge is 2.17. The summed E-state index contributed by atoms with van der Waals surface area (Å²) in [6.07, 6.45) is 0. The number of benzene rings is 1. The summed E-state index contributed by atoms with van der Waals surface area (Å²) < 4.78 is 26.4. The quantitative estimate of drug-likeness (QED) is 0.823. The maximum Gasteiger partial charge on any atom is 0.253 e. The lowest BCUT2D eigenvalue weighted by Crippen LogP contribution is -2.37. The largest absolute Gasteiger partial charge is 0.345 e. The van der Waals surface area contributed by atoms with Gasteiger partial charge in [-0.25, -0.2) is 13.1 Å². The number of carbonyl (C=O) groups is 1. The van der Waals surface area contributed by atoms with Crippen molar-refractivity contribution in [1.82, 2.24) is 9.62 Å². The molecule has 114 valence electrons. The molecule has 0 spiro atoms. The molecule has 1 rings (SSSR count). The average molecular weight is 322 g/mol. The number of nitrogens with two attached hydrogens (primary N) is 1. The Morgan fingerprint density at radius 2 is 1.80 bits per heavy atom. The Bertz CT molecular complexity index is 544. The number of nitrogens with zero attached hydrogens (tertiary/aromatic N) is 1. The van der Waals surface area contributed by atoms with Crippen LogP contribution in [0.25, 0.3) is 0 Å². The highest BCUT2D eigenvalue weighted by molar-refractivity contribution is 7.89. The van der Waals surface area contributed by atoms with Gasteiger partial charge in [0.1, 0.15) is 0 Å². The predicted molar refractivity (Wildman–Crippen MR) is 80.5 cm³/mol. The molecule has 0 heterocycles. The highest BCUT2D eigenvalue weighted by atomic mass is 35.5. The molecular formula is C12H20ClN3O3S. The van der Waals surface area contributed by atoms with E-state index < -0.39 is 10.0 Å². The summed E-state index contributed by atoms with van der Waals surface area (Å²) in [7, 11) is -0.316. The lowest BCUT2D eigenvalue weighted by Gasteiger charge is -2.13. The van der Waals surface area contributed by atoms with Gasteiger partial charge in [0, 0.05) is 32.2 Å². The third-order valence-electron chi connectivity index (χ3n) is 2.53. The molecule has 3 N–H and O–H groups in total. The van der Waals surface area contributed by atoms with E-state index >= 15 is 0 Å². The summed E-state index contributed by atoms with van der Waals surface area (Å²) in [6.45, 7) is 1.90. The summed E-state index contributed by atoms with van der Waals surface area (Å²) in [5.41, 5.74) is 5.82. The highest BCUT2D eigenvalue weighted by Crippen LogP contribution is 2.12. The van der Waals surface area contributed by atoms with E-state index in [0.29, 0.717) is 5.56 Å². The van der Waals surface area contributed by atoms with Crippen LogP contribution in [0.3, 0.4) is 0 Å². The van der Waals surface area contributed by atoms with E-state index in [0.717, 1.165) is 0 Å². The van der Waals surface area contributed by atoms with Crippen LogP contribution in [0.2, 0.25) is 0 Å². The second-order valence-electron chi connectivity index (χ2n) is 4.48. The van der Waals surface area contributed by atoms with Crippen LogP contribution in [0.15, 0.2) is 29.2 Å².